The predicted octanol–water partition coefficient (Wildman–Crippen LogP) is 2.14. The predicted molar refractivity (Wildman–Crippen MR) is 72.0 cm³/mol. The number of ether oxygens (including phenoxy) is 1. The molecule has 19 heavy (non-hydrogen) atoms. The Morgan fingerprint density at radius 2 is 2.11 bits per heavy atom. The zero-order valence-electron chi connectivity index (χ0n) is 10.4. The number of fused-ring (bicyclic) bond motifs is 1. The Kier molecular flexibility index (Phi) is 2.87. The summed E-state index contributed by atoms with van der Waals surface area (Å²) in [5.41, 5.74) is 2.41. The number of hydrogen-bond donors (Lipinski definition) is 0. The molecule has 3 rings (SSSR count). The molecule has 0 aliphatic heterocycles. The maximum atomic E-state index is 5.16. The van der Waals surface area contributed by atoms with E-state index in [0.29, 0.717) is 0 Å². The summed E-state index contributed by atoms with van der Waals surface area (Å²) in [6.45, 7) is 0. The van der Waals surface area contributed by atoms with Gasteiger partial charge in [0.15, 0.2) is 5.65 Å². The summed E-state index contributed by atoms with van der Waals surface area (Å²) < 4.78 is 6.86. The van der Waals surface area contributed by atoms with E-state index >= 15 is 0 Å². The second kappa shape index (κ2) is 4.83. The van der Waals surface area contributed by atoms with Crippen LogP contribution in [-0.2, 0) is 0 Å². The van der Waals surface area contributed by atoms with E-state index in [0.717, 1.165) is 22.7 Å². The minimum atomic E-state index is 0.718. The van der Waals surface area contributed by atoms with Crippen LogP contribution in [0.2, 0.25) is 0 Å². The molecule has 0 bridgehead atoms. The summed E-state index contributed by atoms with van der Waals surface area (Å²) in [6.07, 6.45) is 3.56. The fourth-order valence-electron chi connectivity index (χ4n) is 1.72. The summed E-state index contributed by atoms with van der Waals surface area (Å²) in [5.74, 6) is 6.90. The highest BCUT2D eigenvalue weighted by Crippen LogP contribution is 2.11. The van der Waals surface area contributed by atoms with Crippen LogP contribution in [-0.4, -0.2) is 21.7 Å². The van der Waals surface area contributed by atoms with Crippen molar-refractivity contribution in [2.45, 2.75) is 0 Å². The number of nitrogens with zero attached hydrogens (tertiary/aromatic N) is 3. The van der Waals surface area contributed by atoms with Gasteiger partial charge in [0, 0.05) is 17.8 Å². The van der Waals surface area contributed by atoms with Gasteiger partial charge in [-0.05, 0) is 30.2 Å². The van der Waals surface area contributed by atoms with Crippen LogP contribution in [0.25, 0.3) is 5.65 Å². The number of methoxy groups -OCH3 is 1. The van der Waals surface area contributed by atoms with Crippen molar-refractivity contribution in [3.63, 3.8) is 0 Å². The minimum Gasteiger partial charge on any atom is -0.497 e. The molecule has 0 atom stereocenters. The van der Waals surface area contributed by atoms with E-state index in [1.807, 2.05) is 42.6 Å². The fourth-order valence-corrected chi connectivity index (χ4v) is 1.72. The van der Waals surface area contributed by atoms with Gasteiger partial charge in [-0.1, -0.05) is 12.0 Å². The third-order valence-corrected chi connectivity index (χ3v) is 2.66. The molecule has 0 unspecified atom stereocenters. The second-order valence-corrected chi connectivity index (χ2v) is 3.93. The molecule has 2 heterocycles. The average molecular weight is 249 g/mol. The standard InChI is InChI=1S/C15H11N3O/c1-19-14-4-2-3-12(11-14)5-6-13-8-10-18-15(17-13)7-9-16-18/h2-4,7-11H,1H3. The lowest BCUT2D eigenvalue weighted by molar-refractivity contribution is 0.414. The van der Waals surface area contributed by atoms with Crippen LogP contribution in [0.15, 0.2) is 48.8 Å². The van der Waals surface area contributed by atoms with Crippen molar-refractivity contribution in [1.82, 2.24) is 14.6 Å². The maximum absolute atomic E-state index is 5.16. The first-order chi connectivity index (χ1) is 9.35. The third kappa shape index (κ3) is 2.40. The Morgan fingerprint density at radius 3 is 3.00 bits per heavy atom. The summed E-state index contributed by atoms with van der Waals surface area (Å²) in [4.78, 5) is 4.39. The van der Waals surface area contributed by atoms with Crippen LogP contribution >= 0.6 is 0 Å². The molecule has 4 nitrogen and oxygen atoms in total. The molecule has 0 N–H and O–H groups in total. The van der Waals surface area contributed by atoms with Crippen molar-refractivity contribution >= 4 is 5.65 Å². The first kappa shape index (κ1) is 11.3. The molecule has 1 aromatic carbocycles. The number of hydrogen-bond acceptors (Lipinski definition) is 3. The van der Waals surface area contributed by atoms with Crippen LogP contribution in [0, 0.1) is 11.8 Å². The van der Waals surface area contributed by atoms with Crippen molar-refractivity contribution in [2.75, 3.05) is 7.11 Å². The van der Waals surface area contributed by atoms with Crippen molar-refractivity contribution in [1.29, 1.82) is 0 Å². The van der Waals surface area contributed by atoms with Gasteiger partial charge in [0.25, 0.3) is 0 Å². The zero-order chi connectivity index (χ0) is 13.1. The monoisotopic (exact) mass is 249 g/mol. The summed E-state index contributed by atoms with van der Waals surface area (Å²) in [7, 11) is 1.64. The molecule has 0 radical (unpaired) electrons. The summed E-state index contributed by atoms with van der Waals surface area (Å²) >= 11 is 0. The van der Waals surface area contributed by atoms with E-state index < -0.39 is 0 Å². The van der Waals surface area contributed by atoms with E-state index in [4.69, 9.17) is 4.74 Å². The highest BCUT2D eigenvalue weighted by Gasteiger charge is 1.96. The van der Waals surface area contributed by atoms with Gasteiger partial charge in [0.1, 0.15) is 11.4 Å². The van der Waals surface area contributed by atoms with Gasteiger partial charge in [0.2, 0.25) is 0 Å². The van der Waals surface area contributed by atoms with Crippen LogP contribution in [0.4, 0.5) is 0 Å². The SMILES string of the molecule is COc1cccc(C#Cc2ccn3nccc3n2)c1. The Morgan fingerprint density at radius 1 is 1.16 bits per heavy atom. The van der Waals surface area contributed by atoms with Crippen molar-refractivity contribution in [3.8, 4) is 17.6 Å². The van der Waals surface area contributed by atoms with E-state index in [-0.39, 0.29) is 0 Å². The molecule has 0 spiro atoms. The lowest BCUT2D eigenvalue weighted by Crippen LogP contribution is -1.91. The Hall–Kier alpha value is -2.80. The van der Waals surface area contributed by atoms with E-state index in [2.05, 4.69) is 21.9 Å². The summed E-state index contributed by atoms with van der Waals surface area (Å²) in [6, 6.07) is 11.3. The van der Waals surface area contributed by atoms with Gasteiger partial charge in [0.05, 0.1) is 13.3 Å². The molecule has 4 heteroatoms. The molecule has 0 aliphatic carbocycles. The van der Waals surface area contributed by atoms with Gasteiger partial charge in [-0.15, -0.1) is 0 Å². The summed E-state index contributed by atoms with van der Waals surface area (Å²) in [5, 5.41) is 4.09. The van der Waals surface area contributed by atoms with Gasteiger partial charge in [-0.2, -0.15) is 5.10 Å². The number of aromatic nitrogens is 3. The molecule has 3 aromatic rings. The molecule has 0 saturated carbocycles. The average Bonchev–Trinajstić information content (AvgIpc) is 2.93. The lowest BCUT2D eigenvalue weighted by atomic mass is 10.2. The highest BCUT2D eigenvalue weighted by atomic mass is 16.5. The maximum Gasteiger partial charge on any atom is 0.156 e. The minimum absolute atomic E-state index is 0.718. The molecular formula is C15H11N3O. The van der Waals surface area contributed by atoms with Crippen molar-refractivity contribution < 1.29 is 4.74 Å². The van der Waals surface area contributed by atoms with Crippen molar-refractivity contribution in [3.05, 3.63) is 60.0 Å². The Labute approximate surface area is 110 Å². The smallest absolute Gasteiger partial charge is 0.156 e. The first-order valence-electron chi connectivity index (χ1n) is 5.81. The van der Waals surface area contributed by atoms with Crippen LogP contribution in [0.5, 0.6) is 5.75 Å². The number of rotatable bonds is 1. The second-order valence-electron chi connectivity index (χ2n) is 3.93. The first-order valence-corrected chi connectivity index (χ1v) is 5.81. The van der Waals surface area contributed by atoms with E-state index in [1.54, 1.807) is 17.8 Å². The van der Waals surface area contributed by atoms with Crippen LogP contribution in [0.3, 0.4) is 0 Å². The third-order valence-electron chi connectivity index (χ3n) is 2.66. The van der Waals surface area contributed by atoms with Gasteiger partial charge >= 0.3 is 0 Å². The zero-order valence-corrected chi connectivity index (χ0v) is 10.4. The molecular weight excluding hydrogens is 238 g/mol. The highest BCUT2D eigenvalue weighted by molar-refractivity contribution is 5.45. The normalized spacial score (nSPS) is 9.95. The van der Waals surface area contributed by atoms with Crippen LogP contribution < -0.4 is 4.74 Å². The lowest BCUT2D eigenvalue weighted by Gasteiger charge is -1.98. The molecule has 0 aliphatic rings. The van der Waals surface area contributed by atoms with Crippen molar-refractivity contribution in [2.24, 2.45) is 0 Å². The molecule has 92 valence electrons. The van der Waals surface area contributed by atoms with Gasteiger partial charge < -0.3 is 4.74 Å². The fraction of sp³-hybridized carbons (Fsp3) is 0.0667. The topological polar surface area (TPSA) is 39.4 Å². The van der Waals surface area contributed by atoms with E-state index in [1.165, 1.54) is 0 Å². The number of benzene rings is 1. The molecule has 0 saturated heterocycles. The Balaban J connectivity index is 1.93. The van der Waals surface area contributed by atoms with Gasteiger partial charge in [-0.25, -0.2) is 9.50 Å². The van der Waals surface area contributed by atoms with Crippen LogP contribution in [0.1, 0.15) is 11.3 Å². The molecule has 0 amide bonds. The molecule has 0 fully saturated rings. The van der Waals surface area contributed by atoms with E-state index in [9.17, 15) is 0 Å². The van der Waals surface area contributed by atoms with Gasteiger partial charge in [-0.3, -0.25) is 0 Å². The Bertz CT molecular complexity index is 780. The largest absolute Gasteiger partial charge is 0.497 e. The quantitative estimate of drug-likeness (QED) is 0.620. The molecule has 2 aromatic heterocycles.